The third-order valence-corrected chi connectivity index (χ3v) is 5.02. The van der Waals surface area contributed by atoms with Crippen molar-refractivity contribution in [1.82, 2.24) is 0 Å². The van der Waals surface area contributed by atoms with Crippen molar-refractivity contribution in [2.45, 2.75) is 61.5 Å². The largest absolute Gasteiger partial charge is 0.394 e. The van der Waals surface area contributed by atoms with E-state index >= 15 is 0 Å². The Bertz CT molecular complexity index is 583. The second kappa shape index (κ2) is 8.91. The molecule has 2 aliphatic rings. The van der Waals surface area contributed by atoms with Crippen LogP contribution in [-0.2, 0) is 20.6 Å². The number of ether oxygens (including phenoxy) is 3. The number of benzene rings is 1. The molecule has 2 fully saturated rings. The highest BCUT2D eigenvalue weighted by Gasteiger charge is 2.47. The summed E-state index contributed by atoms with van der Waals surface area (Å²) < 4.78 is 16.4. The molecule has 2 aliphatic heterocycles. The lowest BCUT2D eigenvalue weighted by Crippen LogP contribution is -2.62. The summed E-state index contributed by atoms with van der Waals surface area (Å²) in [6.45, 7) is -0.652. The fourth-order valence-electron chi connectivity index (χ4n) is 3.35. The molecule has 0 bridgehead atoms. The fraction of sp³-hybridized carbons (Fsp3) is 0.667. The minimum atomic E-state index is -1.59. The Morgan fingerprint density at radius 1 is 0.852 bits per heavy atom. The molecular formula is C18H26O9. The summed E-state index contributed by atoms with van der Waals surface area (Å²) in [5.74, 6) is 0. The van der Waals surface area contributed by atoms with Gasteiger partial charge in [-0.15, -0.1) is 0 Å². The standard InChI is InChI=1S/C18H26O9/c19-7-11-14(21)16(23)17(24)18(26-11)27-12-8-25-10(13(20)15(12)22)6-9-4-2-1-3-5-9/h1-5,10-24H,6-8H2/t10-,11+,12+,13-,14-,15-,16-,17+,18-/m0/s1. The third kappa shape index (κ3) is 4.48. The van der Waals surface area contributed by atoms with Crippen LogP contribution in [0.5, 0.6) is 0 Å². The molecule has 0 aromatic heterocycles. The maximum absolute atomic E-state index is 10.4. The van der Waals surface area contributed by atoms with Gasteiger partial charge in [0.25, 0.3) is 0 Å². The normalized spacial score (nSPS) is 42.8. The average Bonchev–Trinajstić information content (AvgIpc) is 2.68. The predicted octanol–water partition coefficient (Wildman–Crippen LogP) is -2.47. The summed E-state index contributed by atoms with van der Waals surface area (Å²) in [5, 5.41) is 59.6. The Balaban J connectivity index is 1.60. The molecular weight excluding hydrogens is 360 g/mol. The first-order valence-corrected chi connectivity index (χ1v) is 8.90. The quantitative estimate of drug-likeness (QED) is 0.324. The van der Waals surface area contributed by atoms with Gasteiger partial charge in [0.15, 0.2) is 6.29 Å². The van der Waals surface area contributed by atoms with Gasteiger partial charge in [-0.1, -0.05) is 30.3 Å². The molecule has 3 rings (SSSR count). The first-order chi connectivity index (χ1) is 12.9. The van der Waals surface area contributed by atoms with Gasteiger partial charge in [0.05, 0.1) is 19.3 Å². The van der Waals surface area contributed by atoms with E-state index in [0.29, 0.717) is 6.42 Å². The molecule has 0 aliphatic carbocycles. The van der Waals surface area contributed by atoms with Crippen molar-refractivity contribution in [3.8, 4) is 0 Å². The average molecular weight is 386 g/mol. The summed E-state index contributed by atoms with van der Waals surface area (Å²) in [7, 11) is 0. The van der Waals surface area contributed by atoms with Crippen LogP contribution in [0, 0.1) is 0 Å². The van der Waals surface area contributed by atoms with E-state index in [1.54, 1.807) is 0 Å². The monoisotopic (exact) mass is 386 g/mol. The van der Waals surface area contributed by atoms with Crippen molar-refractivity contribution >= 4 is 0 Å². The van der Waals surface area contributed by atoms with E-state index < -0.39 is 61.7 Å². The third-order valence-electron chi connectivity index (χ3n) is 5.02. The van der Waals surface area contributed by atoms with E-state index in [9.17, 15) is 30.6 Å². The second-order valence-corrected chi connectivity index (χ2v) is 6.91. The van der Waals surface area contributed by atoms with E-state index in [2.05, 4.69) is 0 Å². The highest BCUT2D eigenvalue weighted by atomic mass is 16.7. The first-order valence-electron chi connectivity index (χ1n) is 8.90. The van der Waals surface area contributed by atoms with Gasteiger partial charge < -0.3 is 44.8 Å². The molecule has 2 heterocycles. The summed E-state index contributed by atoms with van der Waals surface area (Å²) in [6.07, 6.45) is -11.0. The van der Waals surface area contributed by atoms with Crippen molar-refractivity contribution in [2.75, 3.05) is 13.2 Å². The number of aliphatic hydroxyl groups excluding tert-OH is 6. The fourth-order valence-corrected chi connectivity index (χ4v) is 3.35. The second-order valence-electron chi connectivity index (χ2n) is 6.91. The highest BCUT2D eigenvalue weighted by molar-refractivity contribution is 5.16. The summed E-state index contributed by atoms with van der Waals surface area (Å²) in [6, 6.07) is 9.39. The Labute approximate surface area is 156 Å². The molecule has 1 aromatic carbocycles. The number of hydrogen-bond acceptors (Lipinski definition) is 9. The van der Waals surface area contributed by atoms with E-state index in [1.165, 1.54) is 0 Å². The Hall–Kier alpha value is -1.14. The summed E-state index contributed by atoms with van der Waals surface area (Å²) in [5.41, 5.74) is 0.946. The first kappa shape index (κ1) is 20.6. The lowest BCUT2D eigenvalue weighted by atomic mass is 9.94. The minimum Gasteiger partial charge on any atom is -0.394 e. The molecule has 2 saturated heterocycles. The van der Waals surface area contributed by atoms with Gasteiger partial charge in [-0.3, -0.25) is 0 Å². The zero-order chi connectivity index (χ0) is 19.6. The number of aliphatic hydroxyl groups is 6. The van der Waals surface area contributed by atoms with Crippen LogP contribution in [0.4, 0.5) is 0 Å². The topological polar surface area (TPSA) is 149 Å². The van der Waals surface area contributed by atoms with Crippen molar-refractivity contribution in [3.63, 3.8) is 0 Å². The zero-order valence-electron chi connectivity index (χ0n) is 14.6. The van der Waals surface area contributed by atoms with Gasteiger partial charge in [0.1, 0.15) is 42.7 Å². The van der Waals surface area contributed by atoms with Gasteiger partial charge in [-0.05, 0) is 5.56 Å². The molecule has 9 heteroatoms. The van der Waals surface area contributed by atoms with Crippen molar-refractivity contribution in [1.29, 1.82) is 0 Å². The van der Waals surface area contributed by atoms with E-state index in [4.69, 9.17) is 14.2 Å². The molecule has 6 N–H and O–H groups in total. The van der Waals surface area contributed by atoms with Crippen LogP contribution >= 0.6 is 0 Å². The maximum atomic E-state index is 10.4. The molecule has 9 nitrogen and oxygen atoms in total. The molecule has 0 saturated carbocycles. The summed E-state index contributed by atoms with van der Waals surface area (Å²) in [4.78, 5) is 0. The van der Waals surface area contributed by atoms with Gasteiger partial charge in [0.2, 0.25) is 0 Å². The molecule has 0 spiro atoms. The van der Waals surface area contributed by atoms with Crippen LogP contribution in [0.15, 0.2) is 30.3 Å². The lowest BCUT2D eigenvalue weighted by Gasteiger charge is -2.43. The van der Waals surface area contributed by atoms with Crippen LogP contribution in [0.2, 0.25) is 0 Å². The van der Waals surface area contributed by atoms with Crippen molar-refractivity contribution in [3.05, 3.63) is 35.9 Å². The molecule has 152 valence electrons. The van der Waals surface area contributed by atoms with Crippen molar-refractivity contribution < 1.29 is 44.8 Å². The highest BCUT2D eigenvalue weighted by Crippen LogP contribution is 2.27. The minimum absolute atomic E-state index is 0.0647. The van der Waals surface area contributed by atoms with Gasteiger partial charge in [0, 0.05) is 6.42 Å². The Kier molecular flexibility index (Phi) is 6.79. The van der Waals surface area contributed by atoms with Crippen LogP contribution < -0.4 is 0 Å². The van der Waals surface area contributed by atoms with E-state index in [1.807, 2.05) is 30.3 Å². The number of hydrogen-bond donors (Lipinski definition) is 6. The van der Waals surface area contributed by atoms with E-state index in [-0.39, 0.29) is 6.61 Å². The Morgan fingerprint density at radius 3 is 2.19 bits per heavy atom. The molecule has 0 radical (unpaired) electrons. The Morgan fingerprint density at radius 2 is 1.52 bits per heavy atom. The number of rotatable bonds is 5. The predicted molar refractivity (Wildman–Crippen MR) is 90.5 cm³/mol. The molecule has 1 aromatic rings. The van der Waals surface area contributed by atoms with Gasteiger partial charge in [-0.25, -0.2) is 0 Å². The van der Waals surface area contributed by atoms with Gasteiger partial charge in [-0.2, -0.15) is 0 Å². The molecule has 27 heavy (non-hydrogen) atoms. The zero-order valence-corrected chi connectivity index (χ0v) is 14.6. The maximum Gasteiger partial charge on any atom is 0.187 e. The van der Waals surface area contributed by atoms with Crippen LogP contribution in [0.3, 0.4) is 0 Å². The smallest absolute Gasteiger partial charge is 0.187 e. The lowest BCUT2D eigenvalue weighted by molar-refractivity contribution is -0.331. The molecule has 0 amide bonds. The van der Waals surface area contributed by atoms with Crippen molar-refractivity contribution in [2.24, 2.45) is 0 Å². The van der Waals surface area contributed by atoms with Gasteiger partial charge >= 0.3 is 0 Å². The molecule has 0 unspecified atom stereocenters. The van der Waals surface area contributed by atoms with E-state index in [0.717, 1.165) is 5.56 Å². The molecule has 9 atom stereocenters. The van der Waals surface area contributed by atoms with Crippen LogP contribution in [0.25, 0.3) is 0 Å². The van der Waals surface area contributed by atoms with Crippen LogP contribution in [-0.4, -0.2) is 99.0 Å². The SMILES string of the molecule is OC[C@H]1O[C@@H](O[C@@H]2CO[C@@H](Cc3ccccc3)[C@H](O)[C@H]2O)[C@H](O)[C@@H](O)[C@H]1O. The summed E-state index contributed by atoms with van der Waals surface area (Å²) >= 11 is 0. The van der Waals surface area contributed by atoms with Crippen LogP contribution in [0.1, 0.15) is 5.56 Å².